The SMILES string of the molecule is CCCC(CCC)(CNC(C)(C)C)C1=CCCCC1. The van der Waals surface area contributed by atoms with Crippen molar-refractivity contribution in [2.75, 3.05) is 6.54 Å². The van der Waals surface area contributed by atoms with Gasteiger partial charge in [-0.1, -0.05) is 38.3 Å². The fraction of sp³-hybridized carbons (Fsp3) is 0.889. The molecule has 0 radical (unpaired) electrons. The van der Waals surface area contributed by atoms with E-state index in [1.165, 1.54) is 51.4 Å². The molecule has 0 saturated carbocycles. The van der Waals surface area contributed by atoms with Gasteiger partial charge in [0.05, 0.1) is 0 Å². The Labute approximate surface area is 121 Å². The Kier molecular flexibility index (Phi) is 6.59. The quantitative estimate of drug-likeness (QED) is 0.603. The summed E-state index contributed by atoms with van der Waals surface area (Å²) in [5.41, 5.74) is 2.42. The molecule has 0 spiro atoms. The molecular formula is C18H35N. The van der Waals surface area contributed by atoms with Gasteiger partial charge in [0.25, 0.3) is 0 Å². The molecule has 1 heteroatoms. The third-order valence-corrected chi connectivity index (χ3v) is 4.39. The fourth-order valence-electron chi connectivity index (χ4n) is 3.45. The molecule has 1 aliphatic carbocycles. The molecule has 0 atom stereocenters. The Bertz CT molecular complexity index is 277. The Morgan fingerprint density at radius 1 is 1.05 bits per heavy atom. The van der Waals surface area contributed by atoms with Gasteiger partial charge in [0, 0.05) is 17.5 Å². The summed E-state index contributed by atoms with van der Waals surface area (Å²) in [6, 6.07) is 0. The van der Waals surface area contributed by atoms with E-state index in [1.807, 2.05) is 0 Å². The van der Waals surface area contributed by atoms with Gasteiger partial charge in [0.1, 0.15) is 0 Å². The predicted molar refractivity (Wildman–Crippen MR) is 86.6 cm³/mol. The molecule has 112 valence electrons. The second-order valence-electron chi connectivity index (χ2n) is 7.36. The van der Waals surface area contributed by atoms with Crippen molar-refractivity contribution in [3.05, 3.63) is 11.6 Å². The minimum absolute atomic E-state index is 0.224. The molecule has 19 heavy (non-hydrogen) atoms. The Hall–Kier alpha value is -0.300. The summed E-state index contributed by atoms with van der Waals surface area (Å²) in [6.07, 6.45) is 13.3. The smallest absolute Gasteiger partial charge is 0.00968 e. The van der Waals surface area contributed by atoms with Crippen LogP contribution >= 0.6 is 0 Å². The van der Waals surface area contributed by atoms with Crippen LogP contribution in [0.25, 0.3) is 0 Å². The van der Waals surface area contributed by atoms with Gasteiger partial charge in [-0.25, -0.2) is 0 Å². The molecule has 0 saturated heterocycles. The molecule has 1 N–H and O–H groups in total. The van der Waals surface area contributed by atoms with Crippen molar-refractivity contribution in [2.45, 2.75) is 91.5 Å². The normalized spacial score (nSPS) is 17.4. The van der Waals surface area contributed by atoms with Crippen LogP contribution in [-0.2, 0) is 0 Å². The molecule has 1 rings (SSSR count). The lowest BCUT2D eigenvalue weighted by atomic mass is 9.69. The maximum atomic E-state index is 3.79. The maximum absolute atomic E-state index is 3.79. The van der Waals surface area contributed by atoms with Gasteiger partial charge < -0.3 is 5.32 Å². The zero-order valence-corrected chi connectivity index (χ0v) is 13.9. The van der Waals surface area contributed by atoms with E-state index in [4.69, 9.17) is 0 Å². The number of hydrogen-bond acceptors (Lipinski definition) is 1. The highest BCUT2D eigenvalue weighted by Gasteiger charge is 2.33. The van der Waals surface area contributed by atoms with E-state index in [-0.39, 0.29) is 5.54 Å². The summed E-state index contributed by atoms with van der Waals surface area (Å²) in [5, 5.41) is 3.79. The van der Waals surface area contributed by atoms with Gasteiger partial charge in [-0.3, -0.25) is 0 Å². The van der Waals surface area contributed by atoms with Gasteiger partial charge in [-0.15, -0.1) is 0 Å². The molecule has 1 nitrogen and oxygen atoms in total. The molecule has 0 aromatic carbocycles. The van der Waals surface area contributed by atoms with Crippen molar-refractivity contribution in [1.29, 1.82) is 0 Å². The van der Waals surface area contributed by atoms with Crippen molar-refractivity contribution in [2.24, 2.45) is 5.41 Å². The first-order valence-corrected chi connectivity index (χ1v) is 8.38. The van der Waals surface area contributed by atoms with E-state index in [1.54, 1.807) is 5.57 Å². The van der Waals surface area contributed by atoms with Crippen LogP contribution in [0.5, 0.6) is 0 Å². The number of rotatable bonds is 7. The van der Waals surface area contributed by atoms with Crippen LogP contribution in [0.4, 0.5) is 0 Å². The maximum Gasteiger partial charge on any atom is 0.00968 e. The van der Waals surface area contributed by atoms with Crippen molar-refractivity contribution in [1.82, 2.24) is 5.32 Å². The minimum Gasteiger partial charge on any atom is -0.311 e. The van der Waals surface area contributed by atoms with Crippen LogP contribution < -0.4 is 5.32 Å². The lowest BCUT2D eigenvalue weighted by Crippen LogP contribution is -2.45. The molecule has 0 bridgehead atoms. The highest BCUT2D eigenvalue weighted by Crippen LogP contribution is 2.42. The molecule has 0 aliphatic heterocycles. The molecule has 0 aromatic rings. The summed E-state index contributed by atoms with van der Waals surface area (Å²) in [6.45, 7) is 12.7. The lowest BCUT2D eigenvalue weighted by molar-refractivity contribution is 0.237. The van der Waals surface area contributed by atoms with Gasteiger partial charge >= 0.3 is 0 Å². The third-order valence-electron chi connectivity index (χ3n) is 4.39. The molecule has 0 heterocycles. The fourth-order valence-corrected chi connectivity index (χ4v) is 3.45. The molecular weight excluding hydrogens is 230 g/mol. The van der Waals surface area contributed by atoms with Crippen LogP contribution in [0, 0.1) is 5.41 Å². The highest BCUT2D eigenvalue weighted by molar-refractivity contribution is 5.18. The third kappa shape index (κ3) is 5.30. The standard InChI is InChI=1S/C18H35N/c1-6-13-18(14-7-2,15-19-17(3,4)5)16-11-9-8-10-12-16/h11,19H,6-10,12-15H2,1-5H3. The van der Waals surface area contributed by atoms with Gasteiger partial charge in [0.2, 0.25) is 0 Å². The minimum atomic E-state index is 0.224. The van der Waals surface area contributed by atoms with E-state index in [9.17, 15) is 0 Å². The molecule has 0 fully saturated rings. The van der Waals surface area contributed by atoms with E-state index >= 15 is 0 Å². The molecule has 0 aromatic heterocycles. The molecule has 1 aliphatic rings. The topological polar surface area (TPSA) is 12.0 Å². The lowest BCUT2D eigenvalue weighted by Gasteiger charge is -2.40. The summed E-state index contributed by atoms with van der Waals surface area (Å²) in [7, 11) is 0. The zero-order chi connectivity index (χ0) is 14.4. The summed E-state index contributed by atoms with van der Waals surface area (Å²) in [4.78, 5) is 0. The van der Waals surface area contributed by atoms with Crippen LogP contribution in [0.3, 0.4) is 0 Å². The summed E-state index contributed by atoms with van der Waals surface area (Å²) < 4.78 is 0. The average molecular weight is 265 g/mol. The Balaban J connectivity index is 2.88. The van der Waals surface area contributed by atoms with Crippen LogP contribution in [-0.4, -0.2) is 12.1 Å². The first-order chi connectivity index (χ1) is 8.93. The number of nitrogens with one attached hydrogen (secondary N) is 1. The second kappa shape index (κ2) is 7.47. The highest BCUT2D eigenvalue weighted by atomic mass is 15.0. The van der Waals surface area contributed by atoms with Crippen molar-refractivity contribution < 1.29 is 0 Å². The van der Waals surface area contributed by atoms with E-state index in [0.29, 0.717) is 5.41 Å². The van der Waals surface area contributed by atoms with E-state index in [2.05, 4.69) is 46.0 Å². The second-order valence-corrected chi connectivity index (χ2v) is 7.36. The predicted octanol–water partition coefficient (Wildman–Crippen LogP) is 5.46. The molecule has 0 amide bonds. The van der Waals surface area contributed by atoms with Crippen LogP contribution in [0.2, 0.25) is 0 Å². The summed E-state index contributed by atoms with van der Waals surface area (Å²) in [5.74, 6) is 0. The van der Waals surface area contributed by atoms with Crippen molar-refractivity contribution in [3.8, 4) is 0 Å². The first kappa shape index (κ1) is 16.8. The van der Waals surface area contributed by atoms with Crippen LogP contribution in [0.1, 0.15) is 86.0 Å². The number of hydrogen-bond donors (Lipinski definition) is 1. The van der Waals surface area contributed by atoms with Crippen LogP contribution in [0.15, 0.2) is 11.6 Å². The molecule has 0 unspecified atom stereocenters. The van der Waals surface area contributed by atoms with Crippen molar-refractivity contribution >= 4 is 0 Å². The Morgan fingerprint density at radius 3 is 2.11 bits per heavy atom. The van der Waals surface area contributed by atoms with Gasteiger partial charge in [-0.05, 0) is 59.3 Å². The van der Waals surface area contributed by atoms with Crippen molar-refractivity contribution in [3.63, 3.8) is 0 Å². The largest absolute Gasteiger partial charge is 0.311 e. The zero-order valence-electron chi connectivity index (χ0n) is 13.9. The first-order valence-electron chi connectivity index (χ1n) is 8.38. The van der Waals surface area contributed by atoms with E-state index < -0.39 is 0 Å². The van der Waals surface area contributed by atoms with Gasteiger partial charge in [0.15, 0.2) is 0 Å². The monoisotopic (exact) mass is 265 g/mol. The Morgan fingerprint density at radius 2 is 1.68 bits per heavy atom. The van der Waals surface area contributed by atoms with Gasteiger partial charge in [-0.2, -0.15) is 0 Å². The van der Waals surface area contributed by atoms with E-state index in [0.717, 1.165) is 6.54 Å². The average Bonchev–Trinajstić information content (AvgIpc) is 2.37. The summed E-state index contributed by atoms with van der Waals surface area (Å²) >= 11 is 0. The number of allylic oxidation sites excluding steroid dienone is 1.